The molecule has 4 nitrogen and oxygen atoms in total. The molecule has 0 aliphatic carbocycles. The third kappa shape index (κ3) is 5.97. The van der Waals surface area contributed by atoms with Gasteiger partial charge in [-0.2, -0.15) is 0 Å². The molecule has 0 radical (unpaired) electrons. The minimum Gasteiger partial charge on any atom is -0.355 e. The van der Waals surface area contributed by atoms with Crippen molar-refractivity contribution >= 4 is 5.78 Å². The van der Waals surface area contributed by atoms with Crippen LogP contribution in [-0.4, -0.2) is 39.4 Å². The van der Waals surface area contributed by atoms with Crippen LogP contribution in [0, 0.1) is 0 Å². The van der Waals surface area contributed by atoms with Crippen LogP contribution in [0.15, 0.2) is 0 Å². The quantitative estimate of drug-likeness (QED) is 0.547. The predicted octanol–water partition coefficient (Wildman–Crippen LogP) is -0.216. The number of methoxy groups -OCH3 is 2. The summed E-state index contributed by atoms with van der Waals surface area (Å²) in [6, 6.07) is 0. The largest absolute Gasteiger partial charge is 0.355 e. The lowest BCUT2D eigenvalue weighted by Gasteiger charge is -2.12. The van der Waals surface area contributed by atoms with Gasteiger partial charge in [0.05, 0.1) is 6.54 Å². The molecule has 0 rings (SSSR count). The molecule has 1 N–H and O–H groups in total. The number of nitrogens with one attached hydrogen (secondary N) is 1. The van der Waals surface area contributed by atoms with Gasteiger partial charge in [-0.25, -0.2) is 0 Å². The molecule has 0 heterocycles. The van der Waals surface area contributed by atoms with Crippen molar-refractivity contribution in [2.45, 2.75) is 13.2 Å². The SMILES string of the molecule is COC(CNCC(C)=O)OC. The summed E-state index contributed by atoms with van der Waals surface area (Å²) in [5.74, 6) is 0.107. The fourth-order valence-corrected chi connectivity index (χ4v) is 0.629. The maximum absolute atomic E-state index is 10.5. The van der Waals surface area contributed by atoms with Crippen LogP contribution in [0.5, 0.6) is 0 Å². The lowest BCUT2D eigenvalue weighted by molar-refractivity contribution is -0.117. The molecule has 0 aromatic rings. The maximum atomic E-state index is 10.5. The highest BCUT2D eigenvalue weighted by Gasteiger charge is 2.03. The predicted molar refractivity (Wildman–Crippen MR) is 41.4 cm³/mol. The standard InChI is InChI=1S/C7H15NO3/c1-6(9)4-8-5-7(10-2)11-3/h7-8H,4-5H2,1-3H3. The van der Waals surface area contributed by atoms with E-state index in [9.17, 15) is 4.79 Å². The van der Waals surface area contributed by atoms with Crippen molar-refractivity contribution in [3.05, 3.63) is 0 Å². The first-order valence-corrected chi connectivity index (χ1v) is 3.46. The second kappa shape index (κ2) is 6.27. The molecule has 0 fully saturated rings. The molecule has 0 saturated heterocycles. The van der Waals surface area contributed by atoms with Crippen LogP contribution in [0.4, 0.5) is 0 Å². The molecular formula is C7H15NO3. The molecule has 0 aromatic heterocycles. The van der Waals surface area contributed by atoms with E-state index in [1.807, 2.05) is 0 Å². The van der Waals surface area contributed by atoms with Gasteiger partial charge in [-0.1, -0.05) is 0 Å². The third-order valence-electron chi connectivity index (χ3n) is 1.21. The Balaban J connectivity index is 3.28. The maximum Gasteiger partial charge on any atom is 0.169 e. The van der Waals surface area contributed by atoms with Crippen LogP contribution >= 0.6 is 0 Å². The lowest BCUT2D eigenvalue weighted by atomic mass is 10.4. The summed E-state index contributed by atoms with van der Waals surface area (Å²) in [6.07, 6.45) is -0.269. The Kier molecular flexibility index (Phi) is 6.02. The molecule has 0 amide bonds. The number of hydrogen-bond acceptors (Lipinski definition) is 4. The topological polar surface area (TPSA) is 47.6 Å². The van der Waals surface area contributed by atoms with Gasteiger partial charge in [0.2, 0.25) is 0 Å². The highest BCUT2D eigenvalue weighted by Crippen LogP contribution is 1.86. The number of hydrogen-bond donors (Lipinski definition) is 1. The van der Waals surface area contributed by atoms with E-state index in [1.165, 1.54) is 6.92 Å². The molecule has 0 aliphatic rings. The Morgan fingerprint density at radius 2 is 2.00 bits per heavy atom. The Morgan fingerprint density at radius 1 is 1.45 bits per heavy atom. The molecule has 0 saturated carbocycles. The Labute approximate surface area is 66.9 Å². The Hall–Kier alpha value is -0.450. The van der Waals surface area contributed by atoms with Crippen molar-refractivity contribution in [3.63, 3.8) is 0 Å². The van der Waals surface area contributed by atoms with Crippen LogP contribution in [0.25, 0.3) is 0 Å². The van der Waals surface area contributed by atoms with Gasteiger partial charge in [-0.3, -0.25) is 4.79 Å². The van der Waals surface area contributed by atoms with Crippen LogP contribution < -0.4 is 5.32 Å². The van der Waals surface area contributed by atoms with Crippen LogP contribution in [0.1, 0.15) is 6.92 Å². The monoisotopic (exact) mass is 161 g/mol. The van der Waals surface area contributed by atoms with Crippen molar-refractivity contribution in [2.75, 3.05) is 27.3 Å². The smallest absolute Gasteiger partial charge is 0.169 e. The van der Waals surface area contributed by atoms with E-state index < -0.39 is 0 Å². The summed E-state index contributed by atoms with van der Waals surface area (Å²) in [6.45, 7) is 2.43. The van der Waals surface area contributed by atoms with E-state index in [4.69, 9.17) is 9.47 Å². The second-order valence-corrected chi connectivity index (χ2v) is 2.23. The van der Waals surface area contributed by atoms with Crippen molar-refractivity contribution < 1.29 is 14.3 Å². The molecule has 66 valence electrons. The minimum absolute atomic E-state index is 0.107. The highest BCUT2D eigenvalue weighted by atomic mass is 16.7. The van der Waals surface area contributed by atoms with Crippen molar-refractivity contribution in [3.8, 4) is 0 Å². The zero-order valence-electron chi connectivity index (χ0n) is 7.22. The normalized spacial score (nSPS) is 10.5. The molecule has 0 unspecified atom stereocenters. The zero-order valence-corrected chi connectivity index (χ0v) is 7.22. The molecule has 0 bridgehead atoms. The van der Waals surface area contributed by atoms with E-state index in [1.54, 1.807) is 14.2 Å². The minimum atomic E-state index is -0.269. The van der Waals surface area contributed by atoms with Crippen molar-refractivity contribution in [1.29, 1.82) is 0 Å². The number of ketones is 1. The zero-order chi connectivity index (χ0) is 8.69. The fraction of sp³-hybridized carbons (Fsp3) is 0.857. The van der Waals surface area contributed by atoms with Gasteiger partial charge in [0.1, 0.15) is 5.78 Å². The summed E-state index contributed by atoms with van der Waals surface area (Å²) in [7, 11) is 3.12. The first kappa shape index (κ1) is 10.6. The molecule has 0 aliphatic heterocycles. The molecular weight excluding hydrogens is 146 g/mol. The van der Waals surface area contributed by atoms with Gasteiger partial charge >= 0.3 is 0 Å². The number of carbonyl (C=O) groups is 1. The average Bonchev–Trinajstić information content (AvgIpc) is 1.98. The first-order chi connectivity index (χ1) is 5.20. The molecule has 0 spiro atoms. The fourth-order valence-electron chi connectivity index (χ4n) is 0.629. The van der Waals surface area contributed by atoms with Crippen LogP contribution in [0.3, 0.4) is 0 Å². The number of ether oxygens (including phenoxy) is 2. The van der Waals surface area contributed by atoms with E-state index in [0.29, 0.717) is 13.1 Å². The van der Waals surface area contributed by atoms with Gasteiger partial charge in [0.25, 0.3) is 0 Å². The molecule has 0 atom stereocenters. The summed E-state index contributed by atoms with van der Waals surface area (Å²) in [5, 5.41) is 2.89. The number of carbonyl (C=O) groups excluding carboxylic acids is 1. The molecule has 4 heteroatoms. The summed E-state index contributed by atoms with van der Waals surface area (Å²) >= 11 is 0. The molecule has 0 aromatic carbocycles. The van der Waals surface area contributed by atoms with E-state index in [0.717, 1.165) is 0 Å². The van der Waals surface area contributed by atoms with Crippen LogP contribution in [0.2, 0.25) is 0 Å². The van der Waals surface area contributed by atoms with Gasteiger partial charge in [-0.05, 0) is 6.92 Å². The van der Waals surface area contributed by atoms with Crippen LogP contribution in [-0.2, 0) is 14.3 Å². The van der Waals surface area contributed by atoms with E-state index >= 15 is 0 Å². The highest BCUT2D eigenvalue weighted by molar-refractivity contribution is 5.77. The van der Waals surface area contributed by atoms with Gasteiger partial charge in [0, 0.05) is 20.8 Å². The second-order valence-electron chi connectivity index (χ2n) is 2.23. The molecule has 11 heavy (non-hydrogen) atoms. The summed E-state index contributed by atoms with van der Waals surface area (Å²) < 4.78 is 9.77. The van der Waals surface area contributed by atoms with Crippen molar-refractivity contribution in [2.24, 2.45) is 0 Å². The Morgan fingerprint density at radius 3 is 2.36 bits per heavy atom. The number of Topliss-reactive ketones (excluding diaryl/α,β-unsaturated/α-hetero) is 1. The van der Waals surface area contributed by atoms with E-state index in [2.05, 4.69) is 5.32 Å². The van der Waals surface area contributed by atoms with E-state index in [-0.39, 0.29) is 12.1 Å². The van der Waals surface area contributed by atoms with Gasteiger partial charge in [0.15, 0.2) is 6.29 Å². The third-order valence-corrected chi connectivity index (χ3v) is 1.21. The van der Waals surface area contributed by atoms with Crippen molar-refractivity contribution in [1.82, 2.24) is 5.32 Å². The van der Waals surface area contributed by atoms with Gasteiger partial charge in [-0.15, -0.1) is 0 Å². The average molecular weight is 161 g/mol. The Bertz CT molecular complexity index is 112. The lowest BCUT2D eigenvalue weighted by Crippen LogP contribution is -2.32. The summed E-state index contributed by atoms with van der Waals surface area (Å²) in [4.78, 5) is 10.5. The summed E-state index contributed by atoms with van der Waals surface area (Å²) in [5.41, 5.74) is 0. The first-order valence-electron chi connectivity index (χ1n) is 3.46. The number of rotatable bonds is 6. The van der Waals surface area contributed by atoms with Gasteiger partial charge < -0.3 is 14.8 Å².